The molecule has 0 saturated heterocycles. The second kappa shape index (κ2) is 8.55. The molecule has 0 unspecified atom stereocenters. The number of aromatic nitrogens is 2. The minimum atomic E-state index is -0.350. The smallest absolute Gasteiger partial charge is 1.00 e. The number of aliphatic hydroxyl groups excluding tert-OH is 1. The molecule has 0 aromatic carbocycles. The predicted molar refractivity (Wildman–Crippen MR) is 92.1 cm³/mol. The largest absolute Gasteiger partial charge is 1.00 e. The SMILES string of the molecule is CC(C)(NCCO)c1cnc(OC2CC2)c2cnc(Cl)cc12.[B-].[Li+]. The summed E-state index contributed by atoms with van der Waals surface area (Å²) in [5.41, 5.74) is 0.653. The van der Waals surface area contributed by atoms with Gasteiger partial charge in [0, 0.05) is 24.5 Å². The molecule has 0 amide bonds. The summed E-state index contributed by atoms with van der Waals surface area (Å²) in [4.78, 5) is 8.65. The van der Waals surface area contributed by atoms with Crippen LogP contribution in [-0.2, 0) is 5.54 Å². The van der Waals surface area contributed by atoms with Crippen molar-refractivity contribution in [2.24, 2.45) is 0 Å². The quantitative estimate of drug-likeness (QED) is 0.536. The first kappa shape index (κ1) is 21.3. The van der Waals surface area contributed by atoms with Crippen molar-refractivity contribution in [3.05, 3.63) is 29.2 Å². The second-order valence-corrected chi connectivity index (χ2v) is 6.51. The van der Waals surface area contributed by atoms with Crippen LogP contribution in [0.1, 0.15) is 32.3 Å². The summed E-state index contributed by atoms with van der Waals surface area (Å²) in [6.45, 7) is 4.69. The summed E-state index contributed by atoms with van der Waals surface area (Å²) in [6, 6.07) is 1.84. The van der Waals surface area contributed by atoms with Crippen molar-refractivity contribution in [2.45, 2.75) is 38.3 Å². The molecule has 0 atom stereocenters. The van der Waals surface area contributed by atoms with Gasteiger partial charge in [0.05, 0.1) is 12.0 Å². The molecule has 1 saturated carbocycles. The Morgan fingerprint density at radius 2 is 2.00 bits per heavy atom. The van der Waals surface area contributed by atoms with Crippen molar-refractivity contribution in [1.82, 2.24) is 15.3 Å². The third kappa shape index (κ3) is 4.65. The topological polar surface area (TPSA) is 67.3 Å². The van der Waals surface area contributed by atoms with Crippen LogP contribution >= 0.6 is 11.6 Å². The molecule has 2 heterocycles. The third-order valence-corrected chi connectivity index (χ3v) is 4.06. The Morgan fingerprint density at radius 3 is 2.62 bits per heavy atom. The van der Waals surface area contributed by atoms with Crippen molar-refractivity contribution >= 4 is 30.8 Å². The van der Waals surface area contributed by atoms with E-state index in [4.69, 9.17) is 21.4 Å². The number of aliphatic hydroxyl groups is 1. The maximum Gasteiger partial charge on any atom is 1.00 e. The second-order valence-electron chi connectivity index (χ2n) is 6.12. The van der Waals surface area contributed by atoms with Crippen molar-refractivity contribution in [3.63, 3.8) is 0 Å². The Morgan fingerprint density at radius 1 is 1.29 bits per heavy atom. The molecule has 0 aliphatic heterocycles. The summed E-state index contributed by atoms with van der Waals surface area (Å²) >= 11 is 6.08. The van der Waals surface area contributed by atoms with Crippen LogP contribution in [-0.4, -0.2) is 42.7 Å². The number of fused-ring (bicyclic) bond motifs is 1. The van der Waals surface area contributed by atoms with E-state index in [0.29, 0.717) is 17.6 Å². The van der Waals surface area contributed by atoms with Crippen LogP contribution in [0, 0.1) is 0 Å². The predicted octanol–water partition coefficient (Wildman–Crippen LogP) is -0.735. The molecule has 1 aliphatic carbocycles. The molecule has 4 radical (unpaired) electrons. The van der Waals surface area contributed by atoms with Crippen molar-refractivity contribution in [3.8, 4) is 5.88 Å². The fraction of sp³-hybridized carbons (Fsp3) is 0.500. The minimum absolute atomic E-state index is 0. The van der Waals surface area contributed by atoms with Gasteiger partial charge >= 0.3 is 18.9 Å². The van der Waals surface area contributed by atoms with E-state index in [1.807, 2.05) is 12.3 Å². The fourth-order valence-corrected chi connectivity index (χ4v) is 2.64. The monoisotopic (exact) mass is 339 g/mol. The molecule has 0 spiro atoms. The molecular formula is C16H20BClLiN3O2. The van der Waals surface area contributed by atoms with E-state index in [0.717, 1.165) is 29.2 Å². The summed E-state index contributed by atoms with van der Waals surface area (Å²) in [6.07, 6.45) is 5.97. The molecule has 8 heteroatoms. The van der Waals surface area contributed by atoms with Gasteiger partial charge in [0.25, 0.3) is 0 Å². The van der Waals surface area contributed by atoms with Crippen LogP contribution in [0.3, 0.4) is 0 Å². The Bertz CT molecular complexity index is 698. The Hall–Kier alpha value is -0.768. The number of ether oxygens (including phenoxy) is 1. The maximum atomic E-state index is 9.05. The van der Waals surface area contributed by atoms with Gasteiger partial charge < -0.3 is 23.6 Å². The van der Waals surface area contributed by atoms with Crippen molar-refractivity contribution < 1.29 is 28.7 Å². The zero-order valence-electron chi connectivity index (χ0n) is 14.3. The Labute approximate surface area is 161 Å². The van der Waals surface area contributed by atoms with Gasteiger partial charge in [-0.15, -0.1) is 0 Å². The van der Waals surface area contributed by atoms with E-state index >= 15 is 0 Å². The van der Waals surface area contributed by atoms with Gasteiger partial charge in [-0.3, -0.25) is 0 Å². The third-order valence-electron chi connectivity index (χ3n) is 3.86. The number of halogens is 1. The van der Waals surface area contributed by atoms with Gasteiger partial charge in [-0.25, -0.2) is 9.97 Å². The zero-order chi connectivity index (χ0) is 15.7. The van der Waals surface area contributed by atoms with Gasteiger partial charge in [0.1, 0.15) is 11.3 Å². The molecule has 1 aliphatic rings. The minimum Gasteiger partial charge on any atom is -1.00 e. The first-order chi connectivity index (χ1) is 10.5. The van der Waals surface area contributed by atoms with Crippen molar-refractivity contribution in [2.75, 3.05) is 13.2 Å². The van der Waals surface area contributed by atoms with Crippen LogP contribution < -0.4 is 28.9 Å². The summed E-state index contributed by atoms with van der Waals surface area (Å²) in [5.74, 6) is 0.614. The number of hydrogen-bond acceptors (Lipinski definition) is 5. The summed E-state index contributed by atoms with van der Waals surface area (Å²) in [7, 11) is 0. The van der Waals surface area contributed by atoms with Crippen LogP contribution in [0.5, 0.6) is 5.88 Å². The molecule has 0 bridgehead atoms. The van der Waals surface area contributed by atoms with E-state index in [1.54, 1.807) is 6.20 Å². The summed E-state index contributed by atoms with van der Waals surface area (Å²) < 4.78 is 5.87. The fourth-order valence-electron chi connectivity index (χ4n) is 2.48. The van der Waals surface area contributed by atoms with E-state index < -0.39 is 0 Å². The van der Waals surface area contributed by atoms with Gasteiger partial charge in [-0.2, -0.15) is 0 Å². The normalized spacial score (nSPS) is 14.0. The molecule has 24 heavy (non-hydrogen) atoms. The van der Waals surface area contributed by atoms with E-state index in [-0.39, 0.29) is 45.5 Å². The molecule has 3 rings (SSSR count). The molecule has 5 nitrogen and oxygen atoms in total. The van der Waals surface area contributed by atoms with Crippen LogP contribution in [0.25, 0.3) is 10.8 Å². The number of nitrogens with zero attached hydrogens (tertiary/aromatic N) is 2. The van der Waals surface area contributed by atoms with Gasteiger partial charge in [-0.1, -0.05) is 11.6 Å². The molecule has 2 aromatic rings. The van der Waals surface area contributed by atoms with Gasteiger partial charge in [-0.05, 0) is 43.7 Å². The molecule has 2 aromatic heterocycles. The number of pyridine rings is 2. The molecule has 2 N–H and O–H groups in total. The van der Waals surface area contributed by atoms with E-state index in [2.05, 4.69) is 29.1 Å². The van der Waals surface area contributed by atoms with Gasteiger partial charge in [0.15, 0.2) is 0 Å². The maximum absolute atomic E-state index is 9.05. The molecule has 122 valence electrons. The average Bonchev–Trinajstić information content (AvgIpc) is 3.29. The molecular weight excluding hydrogens is 319 g/mol. The Balaban J connectivity index is 0.00000144. The number of nitrogens with one attached hydrogen (secondary N) is 1. The molecule has 1 fully saturated rings. The summed E-state index contributed by atoms with van der Waals surface area (Å²) in [5, 5.41) is 14.7. The van der Waals surface area contributed by atoms with Crippen LogP contribution in [0.2, 0.25) is 5.15 Å². The van der Waals surface area contributed by atoms with Crippen LogP contribution in [0.15, 0.2) is 18.5 Å². The first-order valence-electron chi connectivity index (χ1n) is 7.48. The van der Waals surface area contributed by atoms with Gasteiger partial charge in [0.2, 0.25) is 5.88 Å². The van der Waals surface area contributed by atoms with E-state index in [9.17, 15) is 0 Å². The number of hydrogen-bond donors (Lipinski definition) is 2. The van der Waals surface area contributed by atoms with Crippen molar-refractivity contribution in [1.29, 1.82) is 0 Å². The zero-order valence-corrected chi connectivity index (χ0v) is 15.1. The van der Waals surface area contributed by atoms with Crippen LogP contribution in [0.4, 0.5) is 0 Å². The first-order valence-corrected chi connectivity index (χ1v) is 7.86. The standard InChI is InChI=1S/C16H20ClN3O2.B.Li/c1-16(2,20-5-6-21)13-9-19-15(22-10-3-4-10)12-8-18-14(17)7-11(12)13;;/h7-10,20-21H,3-6H2,1-2H3;;/q;-1;+1. The number of rotatable bonds is 6. The Kier molecular flexibility index (Phi) is 7.58. The average molecular weight is 340 g/mol. The van der Waals surface area contributed by atoms with E-state index in [1.165, 1.54) is 0 Å².